The van der Waals surface area contributed by atoms with E-state index in [0.717, 1.165) is 75.5 Å². The Labute approximate surface area is 458 Å². The molecule has 0 saturated carbocycles. The van der Waals surface area contributed by atoms with Gasteiger partial charge >= 0.3 is 11.9 Å². The van der Waals surface area contributed by atoms with E-state index in [1.54, 1.807) is 48.6 Å². The second-order valence-corrected chi connectivity index (χ2v) is 21.5. The van der Waals surface area contributed by atoms with Gasteiger partial charge in [0.25, 0.3) is 0 Å². The van der Waals surface area contributed by atoms with Gasteiger partial charge in [-0.3, -0.25) is 29.0 Å². The van der Waals surface area contributed by atoms with Crippen LogP contribution in [0.3, 0.4) is 0 Å². The van der Waals surface area contributed by atoms with Gasteiger partial charge in [-0.1, -0.05) is 84.9 Å². The highest BCUT2D eigenvalue weighted by Gasteiger charge is 2.33. The highest BCUT2D eigenvalue weighted by Crippen LogP contribution is 2.26. The first-order chi connectivity index (χ1) is 37.4. The maximum atomic E-state index is 13.2. The van der Waals surface area contributed by atoms with Gasteiger partial charge < -0.3 is 40.2 Å². The van der Waals surface area contributed by atoms with E-state index in [4.69, 9.17) is 4.74 Å². The van der Waals surface area contributed by atoms with Crippen molar-refractivity contribution >= 4 is 80.6 Å². The zero-order valence-corrected chi connectivity index (χ0v) is 45.9. The average molecular weight is 1090 g/mol. The summed E-state index contributed by atoms with van der Waals surface area (Å²) in [5.74, 6) is -0.564. The number of esters is 1. The molecule has 4 amide bonds. The summed E-state index contributed by atoms with van der Waals surface area (Å²) in [6.45, 7) is 3.66. The van der Waals surface area contributed by atoms with Crippen LogP contribution in [-0.4, -0.2) is 175 Å². The van der Waals surface area contributed by atoms with Crippen molar-refractivity contribution in [3.05, 3.63) is 132 Å². The number of aromatic amines is 2. The van der Waals surface area contributed by atoms with Gasteiger partial charge in [0.1, 0.15) is 12.1 Å². The molecule has 2 saturated heterocycles. The molecular formula is C57H72N10O8S2. The first-order valence-corrected chi connectivity index (χ1v) is 29.0. The molecule has 2 fully saturated rings. The Morgan fingerprint density at radius 3 is 1.53 bits per heavy atom. The number of rotatable bonds is 26. The number of carboxylic acid groups (broad SMARTS) is 1. The van der Waals surface area contributed by atoms with Crippen LogP contribution in [0.15, 0.2) is 110 Å². The summed E-state index contributed by atoms with van der Waals surface area (Å²) in [5, 5.41) is 19.7. The zero-order chi connectivity index (χ0) is 54.5. The minimum absolute atomic E-state index is 0.00362. The molecule has 410 valence electrons. The van der Waals surface area contributed by atoms with Crippen LogP contribution >= 0.6 is 23.5 Å². The molecule has 4 heterocycles. The number of carbonyl (C=O) groups is 6. The number of amides is 4. The molecule has 4 atom stereocenters. The highest BCUT2D eigenvalue weighted by molar-refractivity contribution is 7.98. The van der Waals surface area contributed by atoms with Crippen LogP contribution in [0.4, 0.5) is 0 Å². The first kappa shape index (κ1) is 58.0. The third-order valence-corrected chi connectivity index (χ3v) is 15.4. The van der Waals surface area contributed by atoms with E-state index in [1.807, 2.05) is 63.6 Å². The predicted molar refractivity (Wildman–Crippen MR) is 302 cm³/mol. The van der Waals surface area contributed by atoms with Crippen LogP contribution in [0.2, 0.25) is 0 Å². The lowest BCUT2D eigenvalue weighted by Gasteiger charge is -2.31. The van der Waals surface area contributed by atoms with Gasteiger partial charge in [-0.25, -0.2) is 19.6 Å². The van der Waals surface area contributed by atoms with Gasteiger partial charge in [-0.15, -0.1) is 0 Å². The van der Waals surface area contributed by atoms with Crippen LogP contribution in [0.25, 0.3) is 21.5 Å². The number of H-pyrrole nitrogens is 2. The number of benzene rings is 4. The molecule has 0 aliphatic carbocycles. The van der Waals surface area contributed by atoms with E-state index in [0.29, 0.717) is 57.9 Å². The van der Waals surface area contributed by atoms with E-state index >= 15 is 0 Å². The summed E-state index contributed by atoms with van der Waals surface area (Å²) in [6.07, 6.45) is 15.3. The smallest absolute Gasteiger partial charge is 0.328 e. The van der Waals surface area contributed by atoms with E-state index in [1.165, 1.54) is 7.11 Å². The molecule has 2 aromatic heterocycles. The van der Waals surface area contributed by atoms with Crippen molar-refractivity contribution in [3.8, 4) is 0 Å². The van der Waals surface area contributed by atoms with Crippen molar-refractivity contribution in [1.29, 1.82) is 0 Å². The largest absolute Gasteiger partial charge is 0.480 e. The summed E-state index contributed by atoms with van der Waals surface area (Å²) in [7, 11) is 1.34. The van der Waals surface area contributed by atoms with Crippen molar-refractivity contribution in [3.63, 3.8) is 0 Å². The molecule has 0 bridgehead atoms. The molecule has 5 N–H and O–H groups in total. The van der Waals surface area contributed by atoms with Crippen LogP contribution in [-0.2, 0) is 59.4 Å². The molecule has 8 rings (SSSR count). The Morgan fingerprint density at radius 1 is 0.662 bits per heavy atom. The fourth-order valence-corrected chi connectivity index (χ4v) is 11.3. The molecule has 20 heteroatoms. The van der Waals surface area contributed by atoms with Crippen LogP contribution < -0.4 is 10.6 Å². The zero-order valence-electron chi connectivity index (χ0n) is 44.2. The molecule has 77 heavy (non-hydrogen) atoms. The third kappa shape index (κ3) is 17.1. The maximum absolute atomic E-state index is 13.2. The Hall–Kier alpha value is -6.74. The van der Waals surface area contributed by atoms with E-state index in [2.05, 4.69) is 84.0 Å². The number of aromatic nitrogens is 4. The topological polar surface area (TPSA) is 226 Å². The van der Waals surface area contributed by atoms with E-state index < -0.39 is 24.0 Å². The van der Waals surface area contributed by atoms with Crippen molar-refractivity contribution in [1.82, 2.24) is 50.2 Å². The lowest BCUT2D eigenvalue weighted by molar-refractivity contribution is -0.145. The average Bonchev–Trinajstić information content (AvgIpc) is 4.30. The molecule has 6 aromatic rings. The number of hydrogen-bond acceptors (Lipinski definition) is 13. The minimum Gasteiger partial charge on any atom is -0.480 e. The second-order valence-electron chi connectivity index (χ2n) is 19.6. The minimum atomic E-state index is -1.03. The number of carbonyl (C=O) groups excluding carboxylic acids is 5. The maximum Gasteiger partial charge on any atom is 0.328 e. The molecule has 0 radical (unpaired) electrons. The van der Waals surface area contributed by atoms with Gasteiger partial charge in [0.2, 0.25) is 23.6 Å². The van der Waals surface area contributed by atoms with Crippen molar-refractivity contribution in [2.45, 2.75) is 88.6 Å². The lowest BCUT2D eigenvalue weighted by Crippen LogP contribution is -2.49. The van der Waals surface area contributed by atoms with Crippen molar-refractivity contribution < 1.29 is 38.6 Å². The van der Waals surface area contributed by atoms with E-state index in [-0.39, 0.29) is 61.6 Å². The number of carboxylic acids is 1. The van der Waals surface area contributed by atoms with Gasteiger partial charge in [-0.2, -0.15) is 23.5 Å². The second kappa shape index (κ2) is 29.7. The normalized spacial score (nSPS) is 16.1. The number of imidazole rings is 2. The fourth-order valence-electron chi connectivity index (χ4n) is 10.3. The first-order valence-electron chi connectivity index (χ1n) is 26.2. The molecule has 4 aromatic carbocycles. The van der Waals surface area contributed by atoms with Crippen LogP contribution in [0.1, 0.15) is 61.0 Å². The molecular weight excluding hydrogens is 1020 g/mol. The monoisotopic (exact) mass is 1090 g/mol. The van der Waals surface area contributed by atoms with Crippen molar-refractivity contribution in [2.75, 3.05) is 70.4 Å². The van der Waals surface area contributed by atoms with Gasteiger partial charge in [0, 0.05) is 75.1 Å². The number of ether oxygens (including phenoxy) is 1. The summed E-state index contributed by atoms with van der Waals surface area (Å²) >= 11 is 3.16. The number of likely N-dealkylation sites (tertiary alicyclic amines) is 2. The number of hydrogen-bond donors (Lipinski definition) is 5. The Balaban J connectivity index is 0.000000224. The Kier molecular flexibility index (Phi) is 22.3. The summed E-state index contributed by atoms with van der Waals surface area (Å²) < 4.78 is 4.92. The third-order valence-electron chi connectivity index (χ3n) is 14.1. The number of thioether (sulfide) groups is 2. The summed E-state index contributed by atoms with van der Waals surface area (Å²) in [5.41, 5.74) is 3.76. The Bertz CT molecular complexity index is 2860. The van der Waals surface area contributed by atoms with E-state index in [9.17, 15) is 33.9 Å². The molecule has 0 spiro atoms. The molecule has 2 aliphatic heterocycles. The summed E-state index contributed by atoms with van der Waals surface area (Å²) in [4.78, 5) is 98.5. The fraction of sp³-hybridized carbons (Fsp3) is 0.439. The highest BCUT2D eigenvalue weighted by atomic mass is 32.2. The molecule has 2 aliphatic rings. The van der Waals surface area contributed by atoms with Crippen molar-refractivity contribution in [2.24, 2.45) is 0 Å². The molecule has 0 unspecified atom stereocenters. The SMILES string of the molecule is COC(=O)[C@H](CCSC)NC(=O)CN(Cc1cccc2ccccc12)C[C@@H]1CCCN1C(=O)Cc1cnc[nH]1.CSCC[C@H](NC(=O)CN(Cc1cccc2ccccc12)C[C@@H]1CCCN1C(=O)Cc1cnc[nH]1)C(=O)O. The number of aliphatic carboxylic acids is 1. The summed E-state index contributed by atoms with van der Waals surface area (Å²) in [6, 6.07) is 27.0. The Morgan fingerprint density at radius 2 is 1.10 bits per heavy atom. The lowest BCUT2D eigenvalue weighted by atomic mass is 10.0. The number of nitrogens with one attached hydrogen (secondary N) is 4. The molecule has 18 nitrogen and oxygen atoms in total. The predicted octanol–water partition coefficient (Wildman–Crippen LogP) is 5.93. The number of fused-ring (bicyclic) bond motifs is 2. The van der Waals surface area contributed by atoms with Gasteiger partial charge in [0.05, 0.1) is 45.7 Å². The standard InChI is InChI=1S/C29H37N5O4S.C28H35N5O4S/c1-38-29(37)26(12-14-39-2)32-27(35)19-33(17-22-9-5-8-21-7-3-4-11-25(21)22)18-24-10-6-13-34(24)28(36)15-23-16-30-20-31-23;1-38-13-11-25(28(36)37)31-26(34)18-32(16-21-8-4-7-20-6-2-3-10-24(20)21)17-23-9-5-12-33(23)27(35)14-22-15-29-19-30-22/h3-5,7-9,11,16,20,24,26H,6,10,12-15,17-19H2,1-2H3,(H,30,31)(H,32,35);2-4,6-8,10,15,19,23,25H,5,9,11-14,16-18H2,1H3,(H,29,30)(H,31,34)(H,36,37)/t24-,26-;23-,25-/m00/s1. The number of nitrogens with zero attached hydrogens (tertiary/aromatic N) is 6. The quantitative estimate of drug-likeness (QED) is 0.0397. The van der Waals surface area contributed by atoms with Gasteiger partial charge in [0.15, 0.2) is 0 Å². The van der Waals surface area contributed by atoms with Crippen LogP contribution in [0, 0.1) is 0 Å². The number of methoxy groups -OCH3 is 1. The van der Waals surface area contributed by atoms with Crippen LogP contribution in [0.5, 0.6) is 0 Å². The van der Waals surface area contributed by atoms with Gasteiger partial charge in [-0.05, 0) is 95.2 Å².